The van der Waals surface area contributed by atoms with Crippen molar-refractivity contribution < 1.29 is 9.21 Å². The van der Waals surface area contributed by atoms with E-state index in [1.54, 1.807) is 12.1 Å². The number of amides is 1. The summed E-state index contributed by atoms with van der Waals surface area (Å²) in [6.45, 7) is 2.41. The molecule has 2 heterocycles. The summed E-state index contributed by atoms with van der Waals surface area (Å²) >= 11 is 5.59. The molecule has 1 aromatic rings. The van der Waals surface area contributed by atoms with E-state index >= 15 is 0 Å². The zero-order chi connectivity index (χ0) is 11.4. The standard InChI is InChI=1S/C11H13ClN2O2/c12-10-2-1-9(16-10)11(15)14-7-8-3-5-13-6-4-8/h1-3,13H,4-7H2,(H,14,15). The molecule has 0 saturated carbocycles. The topological polar surface area (TPSA) is 54.3 Å². The predicted octanol–water partition coefficient (Wildman–Crippen LogP) is 1.58. The number of carbonyl (C=O) groups is 1. The first-order chi connectivity index (χ1) is 7.75. The summed E-state index contributed by atoms with van der Waals surface area (Å²) in [5.74, 6) is 0.0193. The Balaban J connectivity index is 1.86. The molecule has 0 saturated heterocycles. The molecule has 16 heavy (non-hydrogen) atoms. The van der Waals surface area contributed by atoms with Gasteiger partial charge in [-0.25, -0.2) is 0 Å². The molecule has 0 fully saturated rings. The smallest absolute Gasteiger partial charge is 0.287 e. The number of halogens is 1. The molecule has 1 amide bonds. The van der Waals surface area contributed by atoms with E-state index in [1.165, 1.54) is 5.57 Å². The third kappa shape index (κ3) is 2.87. The zero-order valence-electron chi connectivity index (χ0n) is 8.75. The van der Waals surface area contributed by atoms with Crippen LogP contribution in [0.1, 0.15) is 17.0 Å². The predicted molar refractivity (Wildman–Crippen MR) is 61.6 cm³/mol. The first-order valence-electron chi connectivity index (χ1n) is 5.18. The molecule has 1 aromatic heterocycles. The van der Waals surface area contributed by atoms with Crippen LogP contribution in [0.4, 0.5) is 0 Å². The Bertz CT molecular complexity index is 412. The van der Waals surface area contributed by atoms with Gasteiger partial charge in [-0.1, -0.05) is 11.6 Å². The number of rotatable bonds is 3. The summed E-state index contributed by atoms with van der Waals surface area (Å²) in [7, 11) is 0. The third-order valence-electron chi connectivity index (χ3n) is 2.43. The molecule has 0 aromatic carbocycles. The summed E-state index contributed by atoms with van der Waals surface area (Å²) < 4.78 is 5.01. The monoisotopic (exact) mass is 240 g/mol. The molecular weight excluding hydrogens is 228 g/mol. The summed E-state index contributed by atoms with van der Waals surface area (Å²) in [4.78, 5) is 11.6. The Hall–Kier alpha value is -1.26. The first-order valence-corrected chi connectivity index (χ1v) is 5.55. The molecule has 2 rings (SSSR count). The first kappa shape index (κ1) is 11.2. The highest BCUT2D eigenvalue weighted by Gasteiger charge is 2.11. The molecule has 0 aliphatic carbocycles. The van der Waals surface area contributed by atoms with Gasteiger partial charge in [0.25, 0.3) is 5.91 Å². The van der Waals surface area contributed by atoms with Gasteiger partial charge < -0.3 is 15.1 Å². The molecule has 4 nitrogen and oxygen atoms in total. The van der Waals surface area contributed by atoms with Crippen LogP contribution in [0.15, 0.2) is 28.2 Å². The Morgan fingerprint density at radius 1 is 1.56 bits per heavy atom. The minimum atomic E-state index is -0.230. The Labute approximate surface area is 98.6 Å². The number of hydrogen-bond acceptors (Lipinski definition) is 3. The molecule has 2 N–H and O–H groups in total. The maximum absolute atomic E-state index is 11.6. The highest BCUT2D eigenvalue weighted by molar-refractivity contribution is 6.29. The number of nitrogens with one attached hydrogen (secondary N) is 2. The lowest BCUT2D eigenvalue weighted by molar-refractivity contribution is 0.0929. The molecule has 0 bridgehead atoms. The van der Waals surface area contributed by atoms with Gasteiger partial charge in [-0.15, -0.1) is 0 Å². The fourth-order valence-corrected chi connectivity index (χ4v) is 1.69. The number of hydrogen-bond donors (Lipinski definition) is 2. The van der Waals surface area contributed by atoms with Crippen LogP contribution in [-0.4, -0.2) is 25.5 Å². The summed E-state index contributed by atoms with van der Waals surface area (Å²) in [6.07, 6.45) is 3.07. The van der Waals surface area contributed by atoms with Crippen LogP contribution in [0.5, 0.6) is 0 Å². The van der Waals surface area contributed by atoms with E-state index in [1.807, 2.05) is 0 Å². The van der Waals surface area contributed by atoms with Crippen LogP contribution in [0.2, 0.25) is 5.22 Å². The van der Waals surface area contributed by atoms with Crippen molar-refractivity contribution in [3.8, 4) is 0 Å². The van der Waals surface area contributed by atoms with Gasteiger partial charge in [0.05, 0.1) is 0 Å². The van der Waals surface area contributed by atoms with Gasteiger partial charge in [0, 0.05) is 13.1 Å². The minimum Gasteiger partial charge on any atom is -0.440 e. The van der Waals surface area contributed by atoms with E-state index in [-0.39, 0.29) is 16.9 Å². The molecule has 1 aliphatic rings. The van der Waals surface area contributed by atoms with E-state index in [9.17, 15) is 4.79 Å². The van der Waals surface area contributed by atoms with Crippen LogP contribution in [0.3, 0.4) is 0 Å². The second kappa shape index (κ2) is 5.18. The van der Waals surface area contributed by atoms with Crippen molar-refractivity contribution in [2.45, 2.75) is 6.42 Å². The summed E-state index contributed by atoms with van der Waals surface area (Å²) in [6, 6.07) is 3.12. The van der Waals surface area contributed by atoms with Gasteiger partial charge in [0.2, 0.25) is 0 Å². The Kier molecular flexibility index (Phi) is 3.64. The number of furan rings is 1. The molecule has 0 atom stereocenters. The SMILES string of the molecule is O=C(NCC1=CCNCC1)c1ccc(Cl)o1. The lowest BCUT2D eigenvalue weighted by Crippen LogP contribution is -2.29. The molecule has 1 aliphatic heterocycles. The van der Waals surface area contributed by atoms with Gasteiger partial charge >= 0.3 is 0 Å². The summed E-state index contributed by atoms with van der Waals surface area (Å²) in [5.41, 5.74) is 1.24. The largest absolute Gasteiger partial charge is 0.440 e. The van der Waals surface area contributed by atoms with Gasteiger partial charge in [0.15, 0.2) is 11.0 Å². The van der Waals surface area contributed by atoms with Crippen LogP contribution in [-0.2, 0) is 0 Å². The Morgan fingerprint density at radius 2 is 2.44 bits per heavy atom. The fourth-order valence-electron chi connectivity index (χ4n) is 1.55. The van der Waals surface area contributed by atoms with Crippen LogP contribution < -0.4 is 10.6 Å². The lowest BCUT2D eigenvalue weighted by Gasteiger charge is -2.13. The van der Waals surface area contributed by atoms with Crippen molar-refractivity contribution in [2.24, 2.45) is 0 Å². The van der Waals surface area contributed by atoms with E-state index < -0.39 is 0 Å². The van der Waals surface area contributed by atoms with Crippen molar-refractivity contribution in [3.63, 3.8) is 0 Å². The second-order valence-electron chi connectivity index (χ2n) is 3.60. The minimum absolute atomic E-state index is 0.228. The van der Waals surface area contributed by atoms with E-state index in [0.29, 0.717) is 6.54 Å². The van der Waals surface area contributed by atoms with E-state index in [0.717, 1.165) is 19.5 Å². The third-order valence-corrected chi connectivity index (χ3v) is 2.63. The second-order valence-corrected chi connectivity index (χ2v) is 3.98. The maximum Gasteiger partial charge on any atom is 0.287 e. The zero-order valence-corrected chi connectivity index (χ0v) is 9.51. The van der Waals surface area contributed by atoms with E-state index in [4.69, 9.17) is 16.0 Å². The average Bonchev–Trinajstić information content (AvgIpc) is 2.74. The van der Waals surface area contributed by atoms with Crippen molar-refractivity contribution in [3.05, 3.63) is 34.8 Å². The van der Waals surface area contributed by atoms with Gasteiger partial charge in [-0.3, -0.25) is 4.79 Å². The quantitative estimate of drug-likeness (QED) is 0.789. The van der Waals surface area contributed by atoms with Gasteiger partial charge in [-0.05, 0) is 36.7 Å². The maximum atomic E-state index is 11.6. The van der Waals surface area contributed by atoms with Crippen molar-refractivity contribution in [1.82, 2.24) is 10.6 Å². The molecule has 0 spiro atoms. The van der Waals surface area contributed by atoms with Crippen molar-refractivity contribution in [1.29, 1.82) is 0 Å². The Morgan fingerprint density at radius 3 is 3.06 bits per heavy atom. The number of carbonyl (C=O) groups excluding carboxylic acids is 1. The van der Waals surface area contributed by atoms with Crippen LogP contribution in [0.25, 0.3) is 0 Å². The lowest BCUT2D eigenvalue weighted by atomic mass is 10.1. The molecule has 0 radical (unpaired) electrons. The molecule has 86 valence electrons. The van der Waals surface area contributed by atoms with Crippen molar-refractivity contribution >= 4 is 17.5 Å². The van der Waals surface area contributed by atoms with E-state index in [2.05, 4.69) is 16.7 Å². The molecule has 0 unspecified atom stereocenters. The highest BCUT2D eigenvalue weighted by Crippen LogP contribution is 2.13. The normalized spacial score (nSPS) is 15.7. The van der Waals surface area contributed by atoms with Crippen molar-refractivity contribution in [2.75, 3.05) is 19.6 Å². The van der Waals surface area contributed by atoms with Gasteiger partial charge in [0.1, 0.15) is 0 Å². The molecular formula is C11H13ClN2O2. The fraction of sp³-hybridized carbons (Fsp3) is 0.364. The highest BCUT2D eigenvalue weighted by atomic mass is 35.5. The average molecular weight is 241 g/mol. The van der Waals surface area contributed by atoms with Crippen LogP contribution in [0, 0.1) is 0 Å². The van der Waals surface area contributed by atoms with Gasteiger partial charge in [-0.2, -0.15) is 0 Å². The molecule has 5 heteroatoms. The van der Waals surface area contributed by atoms with Crippen LogP contribution >= 0.6 is 11.6 Å². The summed E-state index contributed by atoms with van der Waals surface area (Å²) in [5, 5.41) is 6.23.